The molecule has 12 heavy (non-hydrogen) atoms. The van der Waals surface area contributed by atoms with Crippen LogP contribution in [0.5, 0.6) is 0 Å². The number of alkyl halides is 1. The Labute approximate surface area is 75.7 Å². The second-order valence-electron chi connectivity index (χ2n) is 2.04. The fourth-order valence-corrected chi connectivity index (χ4v) is 1.03. The molecule has 0 spiro atoms. The molecule has 0 amide bonds. The van der Waals surface area contributed by atoms with Gasteiger partial charge in [-0.15, -0.1) is 0 Å². The zero-order valence-electron chi connectivity index (χ0n) is 5.85. The van der Waals surface area contributed by atoms with Crippen molar-refractivity contribution in [1.82, 2.24) is 4.98 Å². The summed E-state index contributed by atoms with van der Waals surface area (Å²) in [7, 11) is 0. The van der Waals surface area contributed by atoms with Gasteiger partial charge >= 0.3 is 0 Å². The number of pyridine rings is 1. The van der Waals surface area contributed by atoms with Gasteiger partial charge in [-0.3, -0.25) is 4.79 Å². The average Bonchev–Trinajstić information content (AvgIpc) is 2.08. The summed E-state index contributed by atoms with van der Waals surface area (Å²) >= 11 is 2.94. The van der Waals surface area contributed by atoms with E-state index in [9.17, 15) is 13.6 Å². The Hall–Kier alpha value is -0.840. The normalized spacial score (nSPS) is 9.92. The Morgan fingerprint density at radius 1 is 1.67 bits per heavy atom. The predicted octanol–water partition coefficient (Wildman–Crippen LogP) is 2.14. The van der Waals surface area contributed by atoms with Gasteiger partial charge in [-0.1, -0.05) is 0 Å². The molecule has 0 saturated heterocycles. The van der Waals surface area contributed by atoms with E-state index in [1.54, 1.807) is 0 Å². The number of hydrogen-bond acceptors (Lipinski definition) is 2. The number of ketones is 1. The van der Waals surface area contributed by atoms with Crippen molar-refractivity contribution in [3.8, 4) is 0 Å². The van der Waals surface area contributed by atoms with Gasteiger partial charge in [0.05, 0.1) is 11.8 Å². The number of Topliss-reactive ketones (excluding diaryl/α,β-unsaturated/α-hetero) is 1. The van der Waals surface area contributed by atoms with Crippen LogP contribution in [0.15, 0.2) is 16.9 Å². The van der Waals surface area contributed by atoms with Crippen molar-refractivity contribution in [2.75, 3.05) is 6.67 Å². The third-order valence-electron chi connectivity index (χ3n) is 1.24. The van der Waals surface area contributed by atoms with E-state index in [1.165, 1.54) is 0 Å². The third-order valence-corrected chi connectivity index (χ3v) is 1.68. The molecule has 2 nitrogen and oxygen atoms in total. The summed E-state index contributed by atoms with van der Waals surface area (Å²) < 4.78 is 24.9. The number of rotatable bonds is 2. The van der Waals surface area contributed by atoms with Gasteiger partial charge in [-0.25, -0.2) is 13.8 Å². The molecule has 1 aromatic rings. The minimum Gasteiger partial charge on any atom is -0.291 e. The molecule has 1 aromatic heterocycles. The highest BCUT2D eigenvalue weighted by Gasteiger charge is 2.11. The van der Waals surface area contributed by atoms with Crippen LogP contribution in [-0.2, 0) is 0 Å². The largest absolute Gasteiger partial charge is 0.291 e. The Balaban J connectivity index is 3.13. The second-order valence-corrected chi connectivity index (χ2v) is 2.86. The molecule has 0 N–H and O–H groups in total. The van der Waals surface area contributed by atoms with Crippen LogP contribution >= 0.6 is 15.9 Å². The summed E-state index contributed by atoms with van der Waals surface area (Å²) in [5, 5.41) is 0. The quantitative estimate of drug-likeness (QED) is 0.581. The highest BCUT2D eigenvalue weighted by atomic mass is 79.9. The highest BCUT2D eigenvalue weighted by Crippen LogP contribution is 2.12. The summed E-state index contributed by atoms with van der Waals surface area (Å²) in [6.07, 6.45) is 0.868. The topological polar surface area (TPSA) is 30.0 Å². The van der Waals surface area contributed by atoms with Crippen molar-refractivity contribution in [2.45, 2.75) is 0 Å². The van der Waals surface area contributed by atoms with Crippen LogP contribution < -0.4 is 0 Å². The van der Waals surface area contributed by atoms with Crippen molar-refractivity contribution in [3.05, 3.63) is 28.2 Å². The molecule has 0 aliphatic rings. The van der Waals surface area contributed by atoms with E-state index in [0.717, 1.165) is 12.3 Å². The molecule has 64 valence electrons. The van der Waals surface area contributed by atoms with E-state index in [0.29, 0.717) is 4.60 Å². The van der Waals surface area contributed by atoms with Crippen molar-refractivity contribution in [3.63, 3.8) is 0 Å². The molecule has 0 bridgehead atoms. The summed E-state index contributed by atoms with van der Waals surface area (Å²) in [4.78, 5) is 14.2. The Morgan fingerprint density at radius 2 is 2.33 bits per heavy atom. The van der Waals surface area contributed by atoms with Crippen molar-refractivity contribution < 1.29 is 13.6 Å². The molecule has 0 saturated carbocycles. The van der Waals surface area contributed by atoms with E-state index in [1.807, 2.05) is 0 Å². The molecule has 5 heteroatoms. The molecule has 0 aliphatic heterocycles. The summed E-state index contributed by atoms with van der Waals surface area (Å²) in [5.74, 6) is -1.68. The first kappa shape index (κ1) is 9.25. The number of carbonyl (C=O) groups excluding carboxylic acids is 1. The smallest absolute Gasteiger partial charge is 0.196 e. The van der Waals surface area contributed by atoms with E-state index in [-0.39, 0.29) is 5.56 Å². The fourth-order valence-electron chi connectivity index (χ4n) is 0.699. The van der Waals surface area contributed by atoms with E-state index in [2.05, 4.69) is 20.9 Å². The standard InChI is InChI=1S/C7H4BrF2NO/c8-7-1-4(6(12)2-9)5(10)3-11-7/h1,3H,2H2. The highest BCUT2D eigenvalue weighted by molar-refractivity contribution is 9.10. The molecule has 0 unspecified atom stereocenters. The minimum absolute atomic E-state index is 0.278. The molecular formula is C7H4BrF2NO. The molecule has 0 radical (unpaired) electrons. The van der Waals surface area contributed by atoms with Crippen LogP contribution in [0.3, 0.4) is 0 Å². The van der Waals surface area contributed by atoms with Gasteiger partial charge in [0.2, 0.25) is 0 Å². The van der Waals surface area contributed by atoms with Gasteiger partial charge in [0.1, 0.15) is 4.60 Å². The Bertz CT molecular complexity index is 316. The van der Waals surface area contributed by atoms with Crippen molar-refractivity contribution >= 4 is 21.7 Å². The van der Waals surface area contributed by atoms with Crippen LogP contribution in [0.1, 0.15) is 10.4 Å². The lowest BCUT2D eigenvalue weighted by Gasteiger charge is -1.97. The van der Waals surface area contributed by atoms with Gasteiger partial charge in [-0.2, -0.15) is 0 Å². The van der Waals surface area contributed by atoms with Gasteiger partial charge in [0, 0.05) is 0 Å². The SMILES string of the molecule is O=C(CF)c1cc(Br)ncc1F. The van der Waals surface area contributed by atoms with Gasteiger partial charge in [0.25, 0.3) is 0 Å². The average molecular weight is 236 g/mol. The monoisotopic (exact) mass is 235 g/mol. The van der Waals surface area contributed by atoms with E-state index >= 15 is 0 Å². The Morgan fingerprint density at radius 3 is 2.92 bits per heavy atom. The maximum absolute atomic E-state index is 12.7. The molecule has 0 fully saturated rings. The van der Waals surface area contributed by atoms with Crippen LogP contribution in [0.2, 0.25) is 0 Å². The number of halogens is 3. The molecule has 0 aliphatic carbocycles. The minimum atomic E-state index is -1.20. The van der Waals surface area contributed by atoms with E-state index in [4.69, 9.17) is 0 Å². The molecule has 1 rings (SSSR count). The number of aromatic nitrogens is 1. The van der Waals surface area contributed by atoms with Crippen LogP contribution in [0, 0.1) is 5.82 Å². The number of carbonyl (C=O) groups is 1. The zero-order chi connectivity index (χ0) is 9.14. The number of nitrogens with zero attached hydrogens (tertiary/aromatic N) is 1. The molecule has 1 heterocycles. The second kappa shape index (κ2) is 3.71. The fraction of sp³-hybridized carbons (Fsp3) is 0.143. The van der Waals surface area contributed by atoms with Crippen LogP contribution in [-0.4, -0.2) is 17.4 Å². The van der Waals surface area contributed by atoms with Crippen molar-refractivity contribution in [1.29, 1.82) is 0 Å². The summed E-state index contributed by atoms with van der Waals surface area (Å²) in [6.45, 7) is -1.20. The zero-order valence-corrected chi connectivity index (χ0v) is 7.44. The molecular weight excluding hydrogens is 232 g/mol. The third kappa shape index (κ3) is 1.85. The van der Waals surface area contributed by atoms with Crippen LogP contribution in [0.25, 0.3) is 0 Å². The van der Waals surface area contributed by atoms with Crippen molar-refractivity contribution in [2.24, 2.45) is 0 Å². The van der Waals surface area contributed by atoms with Crippen LogP contribution in [0.4, 0.5) is 8.78 Å². The lowest BCUT2D eigenvalue weighted by Crippen LogP contribution is -2.04. The first-order chi connectivity index (χ1) is 5.65. The lowest BCUT2D eigenvalue weighted by atomic mass is 10.2. The Kier molecular flexibility index (Phi) is 2.86. The number of hydrogen-bond donors (Lipinski definition) is 0. The summed E-state index contributed by atoms with van der Waals surface area (Å²) in [5.41, 5.74) is -0.278. The van der Waals surface area contributed by atoms with Gasteiger partial charge in [-0.05, 0) is 22.0 Å². The maximum Gasteiger partial charge on any atom is 0.196 e. The first-order valence-corrected chi connectivity index (χ1v) is 3.84. The summed E-state index contributed by atoms with van der Waals surface area (Å²) in [6, 6.07) is 1.15. The van der Waals surface area contributed by atoms with Gasteiger partial charge < -0.3 is 0 Å². The van der Waals surface area contributed by atoms with E-state index < -0.39 is 18.3 Å². The predicted molar refractivity (Wildman–Crippen MR) is 42.2 cm³/mol. The first-order valence-electron chi connectivity index (χ1n) is 3.05. The molecule has 0 atom stereocenters. The van der Waals surface area contributed by atoms with Gasteiger partial charge in [0.15, 0.2) is 18.3 Å². The lowest BCUT2D eigenvalue weighted by molar-refractivity contribution is 0.0954. The maximum atomic E-state index is 12.7. The molecule has 0 aromatic carbocycles.